The lowest BCUT2D eigenvalue weighted by Crippen LogP contribution is -2.24. The topological polar surface area (TPSA) is 9.23 Å². The molecule has 0 aliphatic carbocycles. The molecule has 2 bridgehead atoms. The summed E-state index contributed by atoms with van der Waals surface area (Å²) < 4.78 is 5.55. The van der Waals surface area contributed by atoms with Crippen LogP contribution in [0.4, 0.5) is 0 Å². The monoisotopic (exact) mass is 122 g/mol. The molecule has 0 fully saturated rings. The van der Waals surface area contributed by atoms with Crippen molar-refractivity contribution in [2.24, 2.45) is 0 Å². The molecular formula is C8H10O. The average molecular weight is 122 g/mol. The Labute approximate surface area is 55.0 Å². The normalized spacial score (nSPS) is 39.1. The molecule has 0 radical (unpaired) electrons. The second-order valence-electron chi connectivity index (χ2n) is 2.54. The van der Waals surface area contributed by atoms with Crippen molar-refractivity contribution in [3.63, 3.8) is 0 Å². The summed E-state index contributed by atoms with van der Waals surface area (Å²) in [5, 5.41) is 0. The van der Waals surface area contributed by atoms with Gasteiger partial charge in [0.15, 0.2) is 0 Å². The number of ether oxygens (including phenoxy) is 1. The molecule has 0 saturated heterocycles. The maximum atomic E-state index is 5.55. The fourth-order valence-electron chi connectivity index (χ4n) is 1.31. The predicted molar refractivity (Wildman–Crippen MR) is 36.2 cm³/mol. The third-order valence-electron chi connectivity index (χ3n) is 1.79. The van der Waals surface area contributed by atoms with Crippen molar-refractivity contribution in [3.8, 4) is 0 Å². The first-order valence-electron chi connectivity index (χ1n) is 3.44. The molecule has 9 heavy (non-hydrogen) atoms. The van der Waals surface area contributed by atoms with Gasteiger partial charge in [-0.15, -0.1) is 0 Å². The second kappa shape index (κ2) is 1.99. The van der Waals surface area contributed by atoms with Gasteiger partial charge in [-0.1, -0.05) is 24.3 Å². The lowest BCUT2D eigenvalue weighted by molar-refractivity contribution is 0.0273. The minimum Gasteiger partial charge on any atom is -0.366 e. The molecule has 0 unspecified atom stereocenters. The van der Waals surface area contributed by atoms with Crippen molar-refractivity contribution >= 4 is 0 Å². The van der Waals surface area contributed by atoms with Gasteiger partial charge in [-0.25, -0.2) is 0 Å². The van der Waals surface area contributed by atoms with Gasteiger partial charge in [0.25, 0.3) is 0 Å². The summed E-state index contributed by atoms with van der Waals surface area (Å²) >= 11 is 0. The lowest BCUT2D eigenvalue weighted by Gasteiger charge is -2.26. The fourth-order valence-corrected chi connectivity index (χ4v) is 1.31. The Morgan fingerprint density at radius 2 is 1.56 bits per heavy atom. The van der Waals surface area contributed by atoms with Crippen molar-refractivity contribution in [2.75, 3.05) is 0 Å². The zero-order valence-electron chi connectivity index (χ0n) is 5.29. The highest BCUT2D eigenvalue weighted by molar-refractivity contribution is 5.08. The van der Waals surface area contributed by atoms with Crippen LogP contribution in [0.3, 0.4) is 0 Å². The standard InChI is InChI=1S/C8H10O/c1-3-7-5-2-6-8(4-1)9-7/h1-3,6-8H,4-5H2/t7-,8+/m0/s1. The Morgan fingerprint density at radius 1 is 1.00 bits per heavy atom. The van der Waals surface area contributed by atoms with Crippen molar-refractivity contribution in [1.29, 1.82) is 0 Å². The second-order valence-corrected chi connectivity index (χ2v) is 2.54. The van der Waals surface area contributed by atoms with Gasteiger partial charge in [0.2, 0.25) is 0 Å². The molecule has 0 N–H and O–H groups in total. The van der Waals surface area contributed by atoms with Crippen LogP contribution >= 0.6 is 0 Å². The highest BCUT2D eigenvalue weighted by Gasteiger charge is 2.17. The van der Waals surface area contributed by atoms with E-state index in [4.69, 9.17) is 4.74 Å². The van der Waals surface area contributed by atoms with Gasteiger partial charge in [0.05, 0.1) is 12.2 Å². The summed E-state index contributed by atoms with van der Waals surface area (Å²) in [5.41, 5.74) is 0. The zero-order chi connectivity index (χ0) is 6.10. The van der Waals surface area contributed by atoms with Crippen molar-refractivity contribution < 1.29 is 4.74 Å². The molecule has 0 aromatic heterocycles. The predicted octanol–water partition coefficient (Wildman–Crippen LogP) is 1.66. The summed E-state index contributed by atoms with van der Waals surface area (Å²) in [6, 6.07) is 0. The van der Waals surface area contributed by atoms with E-state index in [1.807, 2.05) is 0 Å². The van der Waals surface area contributed by atoms with E-state index in [2.05, 4.69) is 24.3 Å². The Balaban J connectivity index is 2.20. The van der Waals surface area contributed by atoms with E-state index in [0.29, 0.717) is 12.2 Å². The van der Waals surface area contributed by atoms with Crippen LogP contribution in [-0.2, 0) is 4.74 Å². The molecule has 48 valence electrons. The van der Waals surface area contributed by atoms with Crippen LogP contribution in [0.5, 0.6) is 0 Å². The lowest BCUT2D eigenvalue weighted by atomic mass is 10.0. The molecule has 2 aliphatic heterocycles. The van der Waals surface area contributed by atoms with Crippen molar-refractivity contribution in [1.82, 2.24) is 0 Å². The van der Waals surface area contributed by atoms with Crippen LogP contribution in [0.25, 0.3) is 0 Å². The number of hydrogen-bond donors (Lipinski definition) is 0. The Morgan fingerprint density at radius 3 is 2.00 bits per heavy atom. The van der Waals surface area contributed by atoms with E-state index in [1.54, 1.807) is 0 Å². The van der Waals surface area contributed by atoms with Crippen LogP contribution in [-0.4, -0.2) is 12.2 Å². The van der Waals surface area contributed by atoms with E-state index in [-0.39, 0.29) is 0 Å². The highest BCUT2D eigenvalue weighted by Crippen LogP contribution is 2.20. The van der Waals surface area contributed by atoms with Crippen molar-refractivity contribution in [2.45, 2.75) is 25.0 Å². The van der Waals surface area contributed by atoms with Crippen LogP contribution in [0.15, 0.2) is 24.3 Å². The van der Waals surface area contributed by atoms with Gasteiger partial charge < -0.3 is 4.74 Å². The quantitative estimate of drug-likeness (QED) is 0.444. The minimum atomic E-state index is 0.383. The van der Waals surface area contributed by atoms with E-state index < -0.39 is 0 Å². The summed E-state index contributed by atoms with van der Waals surface area (Å²) in [7, 11) is 0. The van der Waals surface area contributed by atoms with Gasteiger partial charge in [-0.05, 0) is 12.8 Å². The smallest absolute Gasteiger partial charge is 0.0798 e. The zero-order valence-corrected chi connectivity index (χ0v) is 5.29. The van der Waals surface area contributed by atoms with Gasteiger partial charge in [0.1, 0.15) is 0 Å². The summed E-state index contributed by atoms with van der Waals surface area (Å²) in [6.45, 7) is 0. The van der Waals surface area contributed by atoms with E-state index in [9.17, 15) is 0 Å². The molecule has 2 aliphatic rings. The Bertz CT molecular complexity index is 140. The van der Waals surface area contributed by atoms with E-state index >= 15 is 0 Å². The molecular weight excluding hydrogens is 112 g/mol. The first kappa shape index (κ1) is 5.24. The number of rotatable bonds is 0. The molecule has 0 amide bonds. The molecule has 2 atom stereocenters. The minimum absolute atomic E-state index is 0.383. The summed E-state index contributed by atoms with van der Waals surface area (Å²) in [6.07, 6.45) is 11.6. The highest BCUT2D eigenvalue weighted by atomic mass is 16.5. The number of fused-ring (bicyclic) bond motifs is 2. The van der Waals surface area contributed by atoms with Crippen LogP contribution in [0.1, 0.15) is 12.8 Å². The molecule has 0 aromatic rings. The fraction of sp³-hybridized carbons (Fsp3) is 0.500. The first-order valence-corrected chi connectivity index (χ1v) is 3.44. The van der Waals surface area contributed by atoms with Crippen LogP contribution in [0, 0.1) is 0 Å². The first-order chi connectivity index (χ1) is 4.45. The molecule has 2 rings (SSSR count). The van der Waals surface area contributed by atoms with Gasteiger partial charge >= 0.3 is 0 Å². The molecule has 0 spiro atoms. The van der Waals surface area contributed by atoms with Gasteiger partial charge in [-0.3, -0.25) is 0 Å². The van der Waals surface area contributed by atoms with Gasteiger partial charge in [0, 0.05) is 0 Å². The van der Waals surface area contributed by atoms with Crippen LogP contribution < -0.4 is 0 Å². The third-order valence-corrected chi connectivity index (χ3v) is 1.79. The largest absolute Gasteiger partial charge is 0.366 e. The summed E-state index contributed by atoms with van der Waals surface area (Å²) in [4.78, 5) is 0. The van der Waals surface area contributed by atoms with E-state index in [0.717, 1.165) is 12.8 Å². The molecule has 1 heteroatoms. The van der Waals surface area contributed by atoms with Crippen LogP contribution in [0.2, 0.25) is 0 Å². The summed E-state index contributed by atoms with van der Waals surface area (Å²) in [5.74, 6) is 0. The average Bonchev–Trinajstić information content (AvgIpc) is 1.88. The SMILES string of the molecule is C1=C[C@H]2CC=C[C@@H](C1)O2. The molecule has 2 heterocycles. The Hall–Kier alpha value is -0.560. The Kier molecular flexibility index (Phi) is 1.16. The number of hydrogen-bond acceptors (Lipinski definition) is 1. The molecule has 0 saturated carbocycles. The van der Waals surface area contributed by atoms with Crippen molar-refractivity contribution in [3.05, 3.63) is 24.3 Å². The maximum absolute atomic E-state index is 5.55. The molecule has 0 aromatic carbocycles. The maximum Gasteiger partial charge on any atom is 0.0798 e. The van der Waals surface area contributed by atoms with E-state index in [1.165, 1.54) is 0 Å². The molecule has 1 nitrogen and oxygen atoms in total. The van der Waals surface area contributed by atoms with Gasteiger partial charge in [-0.2, -0.15) is 0 Å². The third kappa shape index (κ3) is 0.924.